The molecule has 0 aromatic heterocycles. The maximum atomic E-state index is 11.8. The summed E-state index contributed by atoms with van der Waals surface area (Å²) in [5, 5.41) is 9.39. The Morgan fingerprint density at radius 1 is 1.26 bits per heavy atom. The van der Waals surface area contributed by atoms with Gasteiger partial charge in [0.25, 0.3) is 0 Å². The number of alkyl halides is 3. The van der Waals surface area contributed by atoms with E-state index < -0.39 is 18.9 Å². The minimum Gasteiger partial charge on any atom is -0.491 e. The summed E-state index contributed by atoms with van der Waals surface area (Å²) in [5.41, 5.74) is 1.58. The fraction of sp³-hybridized carbons (Fsp3) is 0.538. The molecule has 0 radical (unpaired) electrons. The number of ether oxygens (including phenoxy) is 2. The first-order valence-electron chi connectivity index (χ1n) is 5.85. The minimum atomic E-state index is -4.31. The minimum absolute atomic E-state index is 0.0466. The first-order chi connectivity index (χ1) is 8.79. The van der Waals surface area contributed by atoms with Crippen LogP contribution in [0.25, 0.3) is 0 Å². The summed E-state index contributed by atoms with van der Waals surface area (Å²) in [5.74, 6) is 0.569. The second-order valence-electron chi connectivity index (χ2n) is 4.22. The Labute approximate surface area is 110 Å². The van der Waals surface area contributed by atoms with E-state index in [0.717, 1.165) is 11.1 Å². The number of aliphatic hydroxyl groups excluding tert-OH is 1. The van der Waals surface area contributed by atoms with Gasteiger partial charge in [0.15, 0.2) is 0 Å². The van der Waals surface area contributed by atoms with Crippen molar-refractivity contribution in [1.82, 2.24) is 0 Å². The van der Waals surface area contributed by atoms with Gasteiger partial charge in [0.1, 0.15) is 19.0 Å². The lowest BCUT2D eigenvalue weighted by Crippen LogP contribution is -2.19. The highest BCUT2D eigenvalue weighted by molar-refractivity contribution is 5.36. The molecule has 1 N–H and O–H groups in total. The number of hydrogen-bond donors (Lipinski definition) is 1. The van der Waals surface area contributed by atoms with Gasteiger partial charge < -0.3 is 14.6 Å². The van der Waals surface area contributed by atoms with Crippen LogP contribution in [0.1, 0.15) is 24.2 Å². The summed E-state index contributed by atoms with van der Waals surface area (Å²) in [7, 11) is 0. The van der Waals surface area contributed by atoms with Gasteiger partial charge in [-0.15, -0.1) is 0 Å². The van der Waals surface area contributed by atoms with E-state index in [1.807, 2.05) is 0 Å². The average Bonchev–Trinajstić information content (AvgIpc) is 2.28. The van der Waals surface area contributed by atoms with E-state index in [4.69, 9.17) is 4.74 Å². The molecule has 0 spiro atoms. The Morgan fingerprint density at radius 3 is 2.47 bits per heavy atom. The first kappa shape index (κ1) is 15.8. The molecule has 0 aliphatic carbocycles. The van der Waals surface area contributed by atoms with Crippen molar-refractivity contribution in [2.75, 3.05) is 19.8 Å². The van der Waals surface area contributed by atoms with Crippen LogP contribution < -0.4 is 4.74 Å². The Kier molecular flexibility index (Phi) is 5.62. The molecular formula is C13H17F3O3. The zero-order chi connectivity index (χ0) is 14.5. The predicted molar refractivity (Wildman–Crippen MR) is 64.2 cm³/mol. The second kappa shape index (κ2) is 6.77. The zero-order valence-electron chi connectivity index (χ0n) is 10.8. The van der Waals surface area contributed by atoms with Crippen LogP contribution in [0.5, 0.6) is 5.75 Å². The van der Waals surface area contributed by atoms with Crippen molar-refractivity contribution >= 4 is 0 Å². The molecule has 3 nitrogen and oxygen atoms in total. The van der Waals surface area contributed by atoms with E-state index >= 15 is 0 Å². The lowest BCUT2D eigenvalue weighted by molar-refractivity contribution is -0.175. The lowest BCUT2D eigenvalue weighted by atomic mass is 10.1. The largest absolute Gasteiger partial charge is 0.491 e. The molecule has 6 heteroatoms. The van der Waals surface area contributed by atoms with Crippen molar-refractivity contribution in [2.45, 2.75) is 26.1 Å². The van der Waals surface area contributed by atoms with E-state index in [9.17, 15) is 18.3 Å². The van der Waals surface area contributed by atoms with Crippen molar-refractivity contribution in [2.24, 2.45) is 0 Å². The third-order valence-corrected chi connectivity index (χ3v) is 2.43. The zero-order valence-corrected chi connectivity index (χ0v) is 10.8. The van der Waals surface area contributed by atoms with Crippen LogP contribution in [-0.2, 0) is 4.74 Å². The molecule has 0 bridgehead atoms. The quantitative estimate of drug-likeness (QED) is 0.813. The number of aryl methyl sites for hydroxylation is 1. The summed E-state index contributed by atoms with van der Waals surface area (Å²) in [6.07, 6.45) is -4.88. The van der Waals surface area contributed by atoms with Crippen LogP contribution in [0.15, 0.2) is 18.2 Å². The predicted octanol–water partition coefficient (Wildman–Crippen LogP) is 3.01. The average molecular weight is 278 g/mol. The van der Waals surface area contributed by atoms with Gasteiger partial charge >= 0.3 is 6.18 Å². The fourth-order valence-electron chi connectivity index (χ4n) is 1.49. The molecule has 0 fully saturated rings. The monoisotopic (exact) mass is 278 g/mol. The number of aliphatic hydroxyl groups is 1. The smallest absolute Gasteiger partial charge is 0.411 e. The highest BCUT2D eigenvalue weighted by atomic mass is 19.4. The van der Waals surface area contributed by atoms with Gasteiger partial charge in [-0.25, -0.2) is 0 Å². The highest BCUT2D eigenvalue weighted by Crippen LogP contribution is 2.22. The van der Waals surface area contributed by atoms with Crippen LogP contribution in [-0.4, -0.2) is 31.1 Å². The molecule has 19 heavy (non-hydrogen) atoms. The van der Waals surface area contributed by atoms with Crippen molar-refractivity contribution in [3.05, 3.63) is 29.3 Å². The van der Waals surface area contributed by atoms with Gasteiger partial charge in [0.05, 0.1) is 12.7 Å². The fourth-order valence-corrected chi connectivity index (χ4v) is 1.49. The summed E-state index contributed by atoms with van der Waals surface area (Å²) in [4.78, 5) is 0. The van der Waals surface area contributed by atoms with Gasteiger partial charge in [-0.3, -0.25) is 0 Å². The summed E-state index contributed by atoms with van der Waals surface area (Å²) in [6.45, 7) is 2.11. The molecule has 0 amide bonds. The molecule has 1 rings (SSSR count). The van der Waals surface area contributed by atoms with Crippen LogP contribution >= 0.6 is 0 Å². The normalized spacial score (nSPS) is 13.4. The van der Waals surface area contributed by atoms with E-state index in [1.165, 1.54) is 0 Å². The topological polar surface area (TPSA) is 38.7 Å². The van der Waals surface area contributed by atoms with Gasteiger partial charge in [0, 0.05) is 0 Å². The van der Waals surface area contributed by atoms with Crippen LogP contribution in [0.3, 0.4) is 0 Å². The molecule has 1 atom stereocenters. The van der Waals surface area contributed by atoms with Gasteiger partial charge in [-0.2, -0.15) is 13.2 Å². The Hall–Kier alpha value is -1.27. The summed E-state index contributed by atoms with van der Waals surface area (Å²) >= 11 is 0. The number of benzene rings is 1. The Bertz CT molecular complexity index is 403. The van der Waals surface area contributed by atoms with Gasteiger partial charge in [-0.05, 0) is 37.1 Å². The van der Waals surface area contributed by atoms with E-state index in [2.05, 4.69) is 4.74 Å². The molecule has 1 aromatic rings. The van der Waals surface area contributed by atoms with Crippen LogP contribution in [0.2, 0.25) is 0 Å². The number of hydrogen-bond acceptors (Lipinski definition) is 3. The molecule has 108 valence electrons. The summed E-state index contributed by atoms with van der Waals surface area (Å²) in [6, 6.07) is 5.17. The number of rotatable bonds is 6. The van der Waals surface area contributed by atoms with E-state index in [1.54, 1.807) is 32.0 Å². The summed E-state index contributed by atoms with van der Waals surface area (Å²) < 4.78 is 45.1. The van der Waals surface area contributed by atoms with E-state index in [0.29, 0.717) is 5.75 Å². The Morgan fingerprint density at radius 2 is 1.95 bits per heavy atom. The van der Waals surface area contributed by atoms with Crippen LogP contribution in [0.4, 0.5) is 13.2 Å². The van der Waals surface area contributed by atoms with Crippen molar-refractivity contribution in [3.63, 3.8) is 0 Å². The number of halogens is 3. The standard InChI is InChI=1S/C13H17F3O3/c1-9-7-11(10(2)17)3-4-12(9)19-6-5-18-8-13(14,15)16/h3-4,7,10,17H,5-6,8H2,1-2H3/t10-/m0/s1. The molecule has 0 heterocycles. The third-order valence-electron chi connectivity index (χ3n) is 2.43. The highest BCUT2D eigenvalue weighted by Gasteiger charge is 2.27. The molecular weight excluding hydrogens is 261 g/mol. The van der Waals surface area contributed by atoms with Crippen LogP contribution in [0, 0.1) is 6.92 Å². The molecule has 0 aliphatic rings. The first-order valence-corrected chi connectivity index (χ1v) is 5.85. The van der Waals surface area contributed by atoms with Crippen molar-refractivity contribution in [1.29, 1.82) is 0 Å². The maximum Gasteiger partial charge on any atom is 0.411 e. The maximum absolute atomic E-state index is 11.8. The third kappa shape index (κ3) is 5.94. The van der Waals surface area contributed by atoms with Crippen molar-refractivity contribution < 1.29 is 27.8 Å². The molecule has 1 aromatic carbocycles. The van der Waals surface area contributed by atoms with E-state index in [-0.39, 0.29) is 13.2 Å². The molecule has 0 saturated carbocycles. The van der Waals surface area contributed by atoms with Gasteiger partial charge in [0.2, 0.25) is 0 Å². The second-order valence-corrected chi connectivity index (χ2v) is 4.22. The molecule has 0 saturated heterocycles. The molecule has 0 unspecified atom stereocenters. The van der Waals surface area contributed by atoms with Crippen molar-refractivity contribution in [3.8, 4) is 5.75 Å². The SMILES string of the molecule is Cc1cc([C@H](C)O)ccc1OCCOCC(F)(F)F. The lowest BCUT2D eigenvalue weighted by Gasteiger charge is -2.12. The molecule has 0 aliphatic heterocycles. The Balaban J connectivity index is 2.38. The van der Waals surface area contributed by atoms with Gasteiger partial charge in [-0.1, -0.05) is 6.07 Å².